The molecule has 0 saturated carbocycles. The molecule has 0 aromatic carbocycles. The molecule has 1 aliphatic heterocycles. The third-order valence-electron chi connectivity index (χ3n) is 3.68. The molecule has 1 aliphatic rings. The largest absolute Gasteiger partial charge is 0.396 e. The van der Waals surface area contributed by atoms with Crippen molar-refractivity contribution in [1.82, 2.24) is 9.47 Å². The van der Waals surface area contributed by atoms with Gasteiger partial charge in [-0.05, 0) is 31.2 Å². The summed E-state index contributed by atoms with van der Waals surface area (Å²) < 4.78 is 1.61. The van der Waals surface area contributed by atoms with Crippen molar-refractivity contribution in [1.29, 1.82) is 0 Å². The first-order valence-electron chi connectivity index (χ1n) is 6.45. The van der Waals surface area contributed by atoms with Crippen molar-refractivity contribution < 1.29 is 9.90 Å². The third-order valence-corrected chi connectivity index (χ3v) is 4.52. The lowest BCUT2D eigenvalue weighted by atomic mass is 9.95. The molecule has 4 nitrogen and oxygen atoms in total. The Bertz CT molecular complexity index is 471. The summed E-state index contributed by atoms with van der Waals surface area (Å²) in [6.45, 7) is 1.62. The van der Waals surface area contributed by atoms with E-state index < -0.39 is 0 Å². The van der Waals surface area contributed by atoms with Crippen molar-refractivity contribution in [3.8, 4) is 0 Å². The molecular formula is C13H18Cl2N2O2. The van der Waals surface area contributed by atoms with Crippen LogP contribution in [0.4, 0.5) is 0 Å². The van der Waals surface area contributed by atoms with E-state index in [4.69, 9.17) is 28.3 Å². The van der Waals surface area contributed by atoms with E-state index >= 15 is 0 Å². The highest BCUT2D eigenvalue weighted by Gasteiger charge is 2.26. The van der Waals surface area contributed by atoms with E-state index in [1.807, 2.05) is 4.90 Å². The highest BCUT2D eigenvalue weighted by molar-refractivity contribution is 6.41. The van der Waals surface area contributed by atoms with Crippen LogP contribution in [0.1, 0.15) is 29.8 Å². The molecule has 1 unspecified atom stereocenters. The van der Waals surface area contributed by atoms with Crippen molar-refractivity contribution in [2.75, 3.05) is 19.7 Å². The van der Waals surface area contributed by atoms with Crippen molar-refractivity contribution in [2.45, 2.75) is 19.3 Å². The molecule has 1 N–H and O–H groups in total. The first-order chi connectivity index (χ1) is 9.04. The molecule has 106 valence electrons. The van der Waals surface area contributed by atoms with E-state index in [1.165, 1.54) is 0 Å². The number of carbonyl (C=O) groups is 1. The number of rotatable bonds is 3. The first-order valence-corrected chi connectivity index (χ1v) is 7.21. The van der Waals surface area contributed by atoms with Gasteiger partial charge in [-0.15, -0.1) is 0 Å². The summed E-state index contributed by atoms with van der Waals surface area (Å²) in [7, 11) is 1.73. The topological polar surface area (TPSA) is 45.5 Å². The minimum Gasteiger partial charge on any atom is -0.396 e. The molecule has 2 rings (SSSR count). The maximum Gasteiger partial charge on any atom is 0.270 e. The Morgan fingerprint density at radius 2 is 2.26 bits per heavy atom. The molecule has 0 aliphatic carbocycles. The van der Waals surface area contributed by atoms with Gasteiger partial charge in [-0.2, -0.15) is 0 Å². The number of amides is 1. The number of hydrogen-bond acceptors (Lipinski definition) is 2. The number of hydrogen-bond donors (Lipinski definition) is 1. The lowest BCUT2D eigenvalue weighted by Crippen LogP contribution is -2.40. The maximum absolute atomic E-state index is 12.5. The minimum absolute atomic E-state index is 0.0426. The number of aliphatic hydroxyl groups is 1. The fourth-order valence-corrected chi connectivity index (χ4v) is 2.95. The molecule has 0 radical (unpaired) electrons. The van der Waals surface area contributed by atoms with Crippen molar-refractivity contribution in [3.05, 3.63) is 21.9 Å². The zero-order valence-electron chi connectivity index (χ0n) is 10.9. The van der Waals surface area contributed by atoms with Crippen LogP contribution in [0, 0.1) is 5.92 Å². The fourth-order valence-electron chi connectivity index (χ4n) is 2.58. The Labute approximate surface area is 122 Å². The second-order valence-corrected chi connectivity index (χ2v) is 5.76. The van der Waals surface area contributed by atoms with Gasteiger partial charge in [0.15, 0.2) is 0 Å². The zero-order valence-corrected chi connectivity index (χ0v) is 12.4. The molecule has 1 fully saturated rings. The van der Waals surface area contributed by atoms with Crippen molar-refractivity contribution >= 4 is 29.1 Å². The molecular weight excluding hydrogens is 287 g/mol. The Morgan fingerprint density at radius 3 is 2.84 bits per heavy atom. The number of aromatic nitrogens is 1. The van der Waals surface area contributed by atoms with Crippen LogP contribution in [0.15, 0.2) is 6.07 Å². The highest BCUT2D eigenvalue weighted by Crippen LogP contribution is 2.27. The van der Waals surface area contributed by atoms with Crippen LogP contribution < -0.4 is 0 Å². The van der Waals surface area contributed by atoms with Crippen LogP contribution >= 0.6 is 23.2 Å². The van der Waals surface area contributed by atoms with Gasteiger partial charge in [0, 0.05) is 26.7 Å². The summed E-state index contributed by atoms with van der Waals surface area (Å²) in [6.07, 6.45) is 2.79. The number of aliphatic hydroxyl groups excluding tert-OH is 1. The van der Waals surface area contributed by atoms with Crippen LogP contribution in [0.25, 0.3) is 0 Å². The molecule has 19 heavy (non-hydrogen) atoms. The fraction of sp³-hybridized carbons (Fsp3) is 0.615. The van der Waals surface area contributed by atoms with Gasteiger partial charge in [0.05, 0.1) is 5.02 Å². The van der Waals surface area contributed by atoms with Gasteiger partial charge in [0.2, 0.25) is 0 Å². The smallest absolute Gasteiger partial charge is 0.270 e. The Kier molecular flexibility index (Phi) is 4.76. The lowest BCUT2D eigenvalue weighted by Gasteiger charge is -2.32. The van der Waals surface area contributed by atoms with E-state index in [0.717, 1.165) is 25.8 Å². The molecule has 1 aromatic rings. The molecule has 1 amide bonds. The Balaban J connectivity index is 2.12. The number of nitrogens with zero attached hydrogens (tertiary/aromatic N) is 2. The monoisotopic (exact) mass is 304 g/mol. The summed E-state index contributed by atoms with van der Waals surface area (Å²) >= 11 is 11.9. The van der Waals surface area contributed by atoms with Crippen LogP contribution in [-0.2, 0) is 7.05 Å². The van der Waals surface area contributed by atoms with Crippen molar-refractivity contribution in [3.63, 3.8) is 0 Å². The average molecular weight is 305 g/mol. The van der Waals surface area contributed by atoms with Crippen LogP contribution in [0.2, 0.25) is 10.2 Å². The second kappa shape index (κ2) is 6.16. The van der Waals surface area contributed by atoms with Gasteiger partial charge in [-0.3, -0.25) is 4.79 Å². The standard InChI is InChI=1S/C13H18Cl2N2O2/c1-16-11(7-10(14)12(16)15)13(19)17-5-2-3-9(8-17)4-6-18/h7,9,18H,2-6,8H2,1H3. The van der Waals surface area contributed by atoms with Crippen LogP contribution in [0.5, 0.6) is 0 Å². The first kappa shape index (κ1) is 14.7. The quantitative estimate of drug-likeness (QED) is 0.933. The summed E-state index contributed by atoms with van der Waals surface area (Å²) in [5.74, 6) is 0.341. The Morgan fingerprint density at radius 1 is 1.53 bits per heavy atom. The molecule has 2 heterocycles. The SMILES string of the molecule is Cn1c(C(=O)N2CCCC(CCO)C2)cc(Cl)c1Cl. The third kappa shape index (κ3) is 3.07. The van der Waals surface area contributed by atoms with Gasteiger partial charge in [-0.25, -0.2) is 0 Å². The predicted octanol–water partition coefficient (Wildman–Crippen LogP) is 2.57. The summed E-state index contributed by atoms with van der Waals surface area (Å²) in [6, 6.07) is 1.61. The average Bonchev–Trinajstić information content (AvgIpc) is 2.66. The minimum atomic E-state index is -0.0426. The van der Waals surface area contributed by atoms with E-state index in [9.17, 15) is 4.79 Å². The molecule has 0 bridgehead atoms. The summed E-state index contributed by atoms with van der Waals surface area (Å²) in [5, 5.41) is 9.78. The van der Waals surface area contributed by atoms with Crippen molar-refractivity contribution in [2.24, 2.45) is 13.0 Å². The van der Waals surface area contributed by atoms with Gasteiger partial charge < -0.3 is 14.6 Å². The van der Waals surface area contributed by atoms with E-state index in [2.05, 4.69) is 0 Å². The van der Waals surface area contributed by atoms with Gasteiger partial charge in [0.1, 0.15) is 10.8 Å². The summed E-state index contributed by atoms with van der Waals surface area (Å²) in [4.78, 5) is 14.3. The number of carbonyl (C=O) groups excluding carboxylic acids is 1. The molecule has 1 saturated heterocycles. The number of piperidine rings is 1. The Hall–Kier alpha value is -0.710. The summed E-state index contributed by atoms with van der Waals surface area (Å²) in [5.41, 5.74) is 0.514. The second-order valence-electron chi connectivity index (χ2n) is 5.00. The van der Waals surface area contributed by atoms with Gasteiger partial charge in [0.25, 0.3) is 5.91 Å². The molecule has 6 heteroatoms. The van der Waals surface area contributed by atoms with Gasteiger partial charge in [-0.1, -0.05) is 23.2 Å². The number of likely N-dealkylation sites (tertiary alicyclic amines) is 1. The maximum atomic E-state index is 12.5. The predicted molar refractivity (Wildman–Crippen MR) is 75.8 cm³/mol. The zero-order chi connectivity index (χ0) is 14.0. The van der Waals surface area contributed by atoms with E-state index in [1.54, 1.807) is 17.7 Å². The van der Waals surface area contributed by atoms with Crippen LogP contribution in [0.3, 0.4) is 0 Å². The van der Waals surface area contributed by atoms with E-state index in [-0.39, 0.29) is 12.5 Å². The van der Waals surface area contributed by atoms with Crippen LogP contribution in [-0.4, -0.2) is 40.2 Å². The normalized spacial score (nSPS) is 19.8. The molecule has 1 atom stereocenters. The van der Waals surface area contributed by atoms with Gasteiger partial charge >= 0.3 is 0 Å². The molecule has 1 aromatic heterocycles. The van der Waals surface area contributed by atoms with E-state index in [0.29, 0.717) is 28.3 Å². The number of halogens is 2. The lowest BCUT2D eigenvalue weighted by molar-refractivity contribution is 0.0644. The highest BCUT2D eigenvalue weighted by atomic mass is 35.5. The molecule has 0 spiro atoms.